The van der Waals surface area contributed by atoms with Crippen LogP contribution in [0.2, 0.25) is 0 Å². The lowest BCUT2D eigenvalue weighted by Gasteiger charge is -2.39. The number of carbonyl (C=O) groups excluding carboxylic acids is 1. The Labute approximate surface area is 144 Å². The molecule has 0 aromatic rings. The highest BCUT2D eigenvalue weighted by Gasteiger charge is 2.46. The number of hydrogen-bond donors (Lipinski definition) is 6. The molecule has 4 unspecified atom stereocenters. The van der Waals surface area contributed by atoms with Crippen molar-refractivity contribution in [2.24, 2.45) is 22.4 Å². The number of carboxylic acid groups (broad SMARTS) is 1. The fourth-order valence-electron chi connectivity index (χ4n) is 3.42. The van der Waals surface area contributed by atoms with Crippen LogP contribution in [0.15, 0.2) is 16.8 Å². The zero-order valence-electron chi connectivity index (χ0n) is 13.8. The van der Waals surface area contributed by atoms with Gasteiger partial charge in [-0.2, -0.15) is 0 Å². The van der Waals surface area contributed by atoms with E-state index in [4.69, 9.17) is 16.2 Å². The molecule has 0 radical (unpaired) electrons. The van der Waals surface area contributed by atoms with Crippen molar-refractivity contribution in [1.82, 2.24) is 5.32 Å². The van der Waals surface area contributed by atoms with E-state index in [1.807, 2.05) is 0 Å². The molecule has 0 saturated heterocycles. The Morgan fingerprint density at radius 1 is 1.40 bits per heavy atom. The van der Waals surface area contributed by atoms with Gasteiger partial charge in [-0.3, -0.25) is 4.79 Å². The van der Waals surface area contributed by atoms with Gasteiger partial charge in [0.25, 0.3) is 0 Å². The Morgan fingerprint density at radius 3 is 2.56 bits per heavy atom. The zero-order valence-corrected chi connectivity index (χ0v) is 13.8. The molecule has 0 aromatic heterocycles. The normalized spacial score (nSPS) is 32.9. The first-order valence-corrected chi connectivity index (χ1v) is 8.04. The maximum Gasteiger partial charge on any atom is 0.370 e. The molecule has 6 atom stereocenters. The van der Waals surface area contributed by atoms with E-state index in [0.29, 0.717) is 12.8 Å². The lowest BCUT2D eigenvalue weighted by atomic mass is 9.86. The van der Waals surface area contributed by atoms with Gasteiger partial charge in [-0.05, 0) is 18.9 Å². The van der Waals surface area contributed by atoms with E-state index in [1.165, 1.54) is 13.0 Å². The molecule has 2 rings (SSSR count). The first-order valence-electron chi connectivity index (χ1n) is 8.04. The van der Waals surface area contributed by atoms with E-state index < -0.39 is 53.9 Å². The average Bonchev–Trinajstić information content (AvgIpc) is 2.93. The van der Waals surface area contributed by atoms with Crippen LogP contribution >= 0.6 is 0 Å². The zero-order chi connectivity index (χ0) is 18.7. The van der Waals surface area contributed by atoms with Gasteiger partial charge in [0.1, 0.15) is 6.10 Å². The summed E-state index contributed by atoms with van der Waals surface area (Å²) in [7, 11) is 0. The van der Waals surface area contributed by atoms with Crippen molar-refractivity contribution < 1.29 is 29.6 Å². The van der Waals surface area contributed by atoms with Crippen molar-refractivity contribution in [3.63, 3.8) is 0 Å². The van der Waals surface area contributed by atoms with Gasteiger partial charge in [0.2, 0.25) is 11.7 Å². The van der Waals surface area contributed by atoms with Crippen molar-refractivity contribution >= 4 is 17.8 Å². The topological polar surface area (TPSA) is 180 Å². The van der Waals surface area contributed by atoms with Gasteiger partial charge in [-0.1, -0.05) is 6.42 Å². The monoisotopic (exact) mass is 356 g/mol. The van der Waals surface area contributed by atoms with E-state index in [2.05, 4.69) is 10.3 Å². The third-order valence-electron chi connectivity index (χ3n) is 4.49. The van der Waals surface area contributed by atoms with Crippen molar-refractivity contribution in [3.8, 4) is 0 Å². The number of carbonyl (C=O) groups is 2. The third-order valence-corrected chi connectivity index (χ3v) is 4.49. The Morgan fingerprint density at radius 2 is 2.08 bits per heavy atom. The first kappa shape index (κ1) is 19.0. The number of nitrogens with one attached hydrogen (secondary N) is 1. The van der Waals surface area contributed by atoms with Gasteiger partial charge in [-0.25, -0.2) is 9.79 Å². The minimum absolute atomic E-state index is 0.294. The quantitative estimate of drug-likeness (QED) is 0.242. The molecule has 1 amide bonds. The summed E-state index contributed by atoms with van der Waals surface area (Å²) in [5, 5.41) is 32.6. The number of guanidine groups is 1. The molecule has 1 aliphatic heterocycles. The number of rotatable bonds is 5. The Kier molecular flexibility index (Phi) is 5.85. The number of amides is 1. The highest BCUT2D eigenvalue weighted by atomic mass is 16.5. The number of aliphatic carboxylic acids is 1. The maximum atomic E-state index is 11.6. The molecule has 1 saturated carbocycles. The summed E-state index contributed by atoms with van der Waals surface area (Å²) in [5.41, 5.74) is 10.8. The number of carboxylic acids is 1. The molecule has 25 heavy (non-hydrogen) atoms. The predicted molar refractivity (Wildman–Crippen MR) is 87.1 cm³/mol. The number of aliphatic imine (C=N–C) groups is 1. The van der Waals surface area contributed by atoms with Gasteiger partial charge in [-0.15, -0.1) is 0 Å². The molecule has 0 spiro atoms. The van der Waals surface area contributed by atoms with Crippen LogP contribution in [0.1, 0.15) is 26.2 Å². The third kappa shape index (κ3) is 4.40. The molecule has 0 bridgehead atoms. The summed E-state index contributed by atoms with van der Waals surface area (Å²) in [6.45, 7) is 1.27. The van der Waals surface area contributed by atoms with Crippen molar-refractivity contribution in [2.75, 3.05) is 0 Å². The van der Waals surface area contributed by atoms with Gasteiger partial charge in [0, 0.05) is 12.8 Å². The SMILES string of the molecule is CC(=O)N[C@H]1C(C(O)C2CCCC2O)OC(C(=O)O)=C[C@@H]1N=C(N)N. The summed E-state index contributed by atoms with van der Waals surface area (Å²) in [5.74, 6) is -2.97. The highest BCUT2D eigenvalue weighted by molar-refractivity contribution is 5.85. The molecule has 1 fully saturated rings. The Hall–Kier alpha value is -2.33. The van der Waals surface area contributed by atoms with Gasteiger partial charge >= 0.3 is 5.97 Å². The molecule has 0 aromatic carbocycles. The van der Waals surface area contributed by atoms with Crippen molar-refractivity contribution in [1.29, 1.82) is 0 Å². The average molecular weight is 356 g/mol. The summed E-state index contributed by atoms with van der Waals surface area (Å²) in [6.07, 6.45) is -0.0278. The van der Waals surface area contributed by atoms with E-state index >= 15 is 0 Å². The van der Waals surface area contributed by atoms with Crippen LogP contribution in [-0.4, -0.2) is 63.6 Å². The molecular formula is C15H24N4O6. The Balaban J connectivity index is 2.39. The first-order chi connectivity index (χ1) is 11.7. The molecular weight excluding hydrogens is 332 g/mol. The summed E-state index contributed by atoms with van der Waals surface area (Å²) in [4.78, 5) is 26.9. The number of aliphatic hydroxyl groups is 2. The molecule has 1 aliphatic carbocycles. The molecule has 2 aliphatic rings. The number of aliphatic hydroxyl groups excluding tert-OH is 2. The van der Waals surface area contributed by atoms with Gasteiger partial charge in [0.15, 0.2) is 5.96 Å². The van der Waals surface area contributed by atoms with E-state index in [9.17, 15) is 24.9 Å². The number of nitrogens with two attached hydrogens (primary N) is 2. The van der Waals surface area contributed by atoms with Crippen molar-refractivity contribution in [3.05, 3.63) is 11.8 Å². The van der Waals surface area contributed by atoms with Crippen LogP contribution in [-0.2, 0) is 14.3 Å². The van der Waals surface area contributed by atoms with Crippen LogP contribution < -0.4 is 16.8 Å². The molecule has 8 N–H and O–H groups in total. The molecule has 10 nitrogen and oxygen atoms in total. The predicted octanol–water partition coefficient (Wildman–Crippen LogP) is -1.98. The van der Waals surface area contributed by atoms with Crippen LogP contribution in [0.5, 0.6) is 0 Å². The lowest BCUT2D eigenvalue weighted by Crippen LogP contribution is -2.59. The fraction of sp³-hybridized carbons (Fsp3) is 0.667. The minimum Gasteiger partial charge on any atom is -0.478 e. The number of hydrogen-bond acceptors (Lipinski definition) is 6. The summed E-state index contributed by atoms with van der Waals surface area (Å²) in [6, 6.07) is -1.81. The number of nitrogens with zero attached hydrogens (tertiary/aromatic N) is 1. The second-order valence-electron chi connectivity index (χ2n) is 6.34. The van der Waals surface area contributed by atoms with Crippen molar-refractivity contribution in [2.45, 2.75) is 56.6 Å². The summed E-state index contributed by atoms with van der Waals surface area (Å²) < 4.78 is 5.43. The molecule has 1 heterocycles. The summed E-state index contributed by atoms with van der Waals surface area (Å²) >= 11 is 0. The largest absolute Gasteiger partial charge is 0.478 e. The van der Waals surface area contributed by atoms with Crippen LogP contribution in [0.3, 0.4) is 0 Å². The van der Waals surface area contributed by atoms with E-state index in [0.717, 1.165) is 6.42 Å². The smallest absolute Gasteiger partial charge is 0.370 e. The second kappa shape index (κ2) is 7.70. The van der Waals surface area contributed by atoms with Gasteiger partial charge < -0.3 is 36.8 Å². The fourth-order valence-corrected chi connectivity index (χ4v) is 3.42. The highest BCUT2D eigenvalue weighted by Crippen LogP contribution is 2.34. The Bertz CT molecular complexity index is 589. The maximum absolute atomic E-state index is 11.6. The molecule has 10 heteroatoms. The minimum atomic E-state index is -1.35. The second-order valence-corrected chi connectivity index (χ2v) is 6.34. The van der Waals surface area contributed by atoms with E-state index in [1.54, 1.807) is 0 Å². The van der Waals surface area contributed by atoms with Crippen LogP contribution in [0, 0.1) is 5.92 Å². The molecule has 140 valence electrons. The van der Waals surface area contributed by atoms with Crippen LogP contribution in [0.4, 0.5) is 0 Å². The van der Waals surface area contributed by atoms with E-state index in [-0.39, 0.29) is 5.96 Å². The standard InChI is InChI=1S/C15H24N4O6/c1-6(20)18-11-8(19-15(16)17)5-10(14(23)24)25-13(11)12(22)7-3-2-4-9(7)21/h5,7-9,11-13,21-22H,2-4H2,1H3,(H,18,20)(H,23,24)(H4,16,17,19)/t7?,8-,9?,11+,12?,13?/m0/s1. The number of ether oxygens (including phenoxy) is 1. The lowest BCUT2D eigenvalue weighted by molar-refractivity contribution is -0.143. The van der Waals surface area contributed by atoms with Crippen LogP contribution in [0.25, 0.3) is 0 Å². The van der Waals surface area contributed by atoms with Gasteiger partial charge in [0.05, 0.1) is 24.3 Å².